The number of aromatic nitrogens is 1. The van der Waals surface area contributed by atoms with Crippen LogP contribution in [0.1, 0.15) is 28.9 Å². The number of hydrogen-bond donors (Lipinski definition) is 0. The second kappa shape index (κ2) is 5.52. The van der Waals surface area contributed by atoms with Crippen molar-refractivity contribution in [2.24, 2.45) is 7.05 Å². The quantitative estimate of drug-likeness (QED) is 0.807. The fourth-order valence-electron chi connectivity index (χ4n) is 3.46. The van der Waals surface area contributed by atoms with Gasteiger partial charge in [-0.3, -0.25) is 9.59 Å². The molecule has 2 aliphatic rings. The van der Waals surface area contributed by atoms with Crippen molar-refractivity contribution in [3.8, 4) is 0 Å². The topological polar surface area (TPSA) is 60.8 Å². The number of ether oxygens (including phenoxy) is 2. The summed E-state index contributed by atoms with van der Waals surface area (Å²) in [6.07, 6.45) is 1.74. The monoisotopic (exact) mass is 306 g/mol. The van der Waals surface area contributed by atoms with E-state index in [1.54, 1.807) is 31.2 Å². The number of rotatable bonds is 2. The second-order valence-corrected chi connectivity index (χ2v) is 6.18. The molecule has 0 N–H and O–H groups in total. The molecule has 6 nitrogen and oxygen atoms in total. The molecule has 120 valence electrons. The van der Waals surface area contributed by atoms with Gasteiger partial charge in [0.05, 0.1) is 13.1 Å². The molecule has 22 heavy (non-hydrogen) atoms. The molecule has 2 saturated heterocycles. The molecular weight excluding hydrogens is 284 g/mol. The van der Waals surface area contributed by atoms with Crippen LogP contribution in [0.25, 0.3) is 0 Å². The number of likely N-dealkylation sites (tertiary alicyclic amines) is 1. The molecule has 1 amide bonds. The number of carbonyl (C=O) groups excluding carboxylic acids is 1. The number of hydrogen-bond acceptors (Lipinski definition) is 4. The number of pyridine rings is 1. The van der Waals surface area contributed by atoms with E-state index in [0.29, 0.717) is 19.7 Å². The largest absolute Gasteiger partial charge is 0.377 e. The molecule has 0 saturated carbocycles. The molecule has 2 atom stereocenters. The third kappa shape index (κ3) is 2.27. The molecule has 0 aromatic carbocycles. The molecule has 0 radical (unpaired) electrons. The van der Waals surface area contributed by atoms with Gasteiger partial charge in [-0.25, -0.2) is 0 Å². The summed E-state index contributed by atoms with van der Waals surface area (Å²) >= 11 is 0. The third-order valence-electron chi connectivity index (χ3n) is 4.92. The molecule has 1 spiro atoms. The average Bonchev–Trinajstić information content (AvgIpc) is 3.12. The molecule has 2 aliphatic heterocycles. The zero-order valence-corrected chi connectivity index (χ0v) is 13.3. The van der Waals surface area contributed by atoms with Crippen LogP contribution in [0, 0.1) is 6.92 Å². The lowest BCUT2D eigenvalue weighted by Crippen LogP contribution is -2.42. The van der Waals surface area contributed by atoms with E-state index in [1.165, 1.54) is 4.57 Å². The van der Waals surface area contributed by atoms with Crippen molar-refractivity contribution in [2.75, 3.05) is 26.8 Å². The lowest BCUT2D eigenvalue weighted by Gasteiger charge is -2.27. The lowest BCUT2D eigenvalue weighted by atomic mass is 9.96. The summed E-state index contributed by atoms with van der Waals surface area (Å²) in [6.45, 7) is 3.50. The van der Waals surface area contributed by atoms with E-state index in [1.807, 2.05) is 6.92 Å². The molecule has 1 aromatic rings. The van der Waals surface area contributed by atoms with Gasteiger partial charge in [0.25, 0.3) is 11.5 Å². The van der Waals surface area contributed by atoms with Gasteiger partial charge in [0.2, 0.25) is 0 Å². The summed E-state index contributed by atoms with van der Waals surface area (Å²) in [6, 6.07) is 3.41. The Balaban J connectivity index is 1.88. The van der Waals surface area contributed by atoms with E-state index in [-0.39, 0.29) is 23.1 Å². The highest BCUT2D eigenvalue weighted by atomic mass is 16.6. The molecular formula is C16H22N2O4. The molecule has 3 rings (SSSR count). The Bertz CT molecular complexity index is 646. The Morgan fingerprint density at radius 2 is 2.23 bits per heavy atom. The maximum absolute atomic E-state index is 12.7. The first-order valence-electron chi connectivity index (χ1n) is 7.61. The first-order valence-corrected chi connectivity index (χ1v) is 7.61. The van der Waals surface area contributed by atoms with Gasteiger partial charge in [0.15, 0.2) is 0 Å². The maximum Gasteiger partial charge on any atom is 0.263 e. The smallest absolute Gasteiger partial charge is 0.263 e. The standard InChI is InChI=1S/C16H22N2O4/c1-11-5-6-12(14(19)17(11)2)15(20)18-9-13(21-3)16(10-18)7-4-8-22-16/h5-6,13H,4,7-10H2,1-3H3/t13-,16-/m0/s1. The molecule has 0 unspecified atom stereocenters. The second-order valence-electron chi connectivity index (χ2n) is 6.18. The van der Waals surface area contributed by atoms with Gasteiger partial charge < -0.3 is 18.9 Å². The minimum Gasteiger partial charge on any atom is -0.377 e. The van der Waals surface area contributed by atoms with Gasteiger partial charge in [-0.2, -0.15) is 0 Å². The van der Waals surface area contributed by atoms with Gasteiger partial charge in [-0.1, -0.05) is 0 Å². The van der Waals surface area contributed by atoms with Crippen LogP contribution in [0.2, 0.25) is 0 Å². The number of aryl methyl sites for hydroxylation is 1. The summed E-state index contributed by atoms with van der Waals surface area (Å²) < 4.78 is 12.9. The van der Waals surface area contributed by atoms with Gasteiger partial charge >= 0.3 is 0 Å². The Morgan fingerprint density at radius 3 is 2.86 bits per heavy atom. The van der Waals surface area contributed by atoms with Crippen LogP contribution in [0.15, 0.2) is 16.9 Å². The number of carbonyl (C=O) groups is 1. The molecule has 2 fully saturated rings. The first kappa shape index (κ1) is 15.2. The van der Waals surface area contributed by atoms with Gasteiger partial charge in [-0.05, 0) is 31.9 Å². The van der Waals surface area contributed by atoms with E-state index < -0.39 is 5.60 Å². The van der Waals surface area contributed by atoms with Crippen molar-refractivity contribution in [3.05, 3.63) is 33.7 Å². The third-order valence-corrected chi connectivity index (χ3v) is 4.92. The summed E-state index contributed by atoms with van der Waals surface area (Å²) in [5.41, 5.74) is 0.374. The zero-order chi connectivity index (χ0) is 15.9. The van der Waals surface area contributed by atoms with Crippen LogP contribution in [-0.2, 0) is 16.5 Å². The van der Waals surface area contributed by atoms with Crippen LogP contribution >= 0.6 is 0 Å². The highest BCUT2D eigenvalue weighted by Gasteiger charge is 2.51. The van der Waals surface area contributed by atoms with Crippen molar-refractivity contribution in [2.45, 2.75) is 31.5 Å². The van der Waals surface area contributed by atoms with Crippen LogP contribution in [0.5, 0.6) is 0 Å². The first-order chi connectivity index (χ1) is 10.5. The highest BCUT2D eigenvalue weighted by molar-refractivity contribution is 5.94. The number of amides is 1. The summed E-state index contributed by atoms with van der Waals surface area (Å²) in [5, 5.41) is 0. The normalized spacial score (nSPS) is 27.8. The Morgan fingerprint density at radius 1 is 1.45 bits per heavy atom. The summed E-state index contributed by atoms with van der Waals surface area (Å²) in [4.78, 5) is 26.7. The SMILES string of the molecule is CO[C@H]1CN(C(=O)c2ccc(C)n(C)c2=O)C[C@@]12CCCO2. The predicted octanol–water partition coefficient (Wildman–Crippen LogP) is 0.714. The van der Waals surface area contributed by atoms with Crippen molar-refractivity contribution >= 4 is 5.91 Å². The van der Waals surface area contributed by atoms with Crippen LogP contribution in [-0.4, -0.2) is 53.9 Å². The van der Waals surface area contributed by atoms with E-state index in [2.05, 4.69) is 0 Å². The minimum atomic E-state index is -0.402. The van der Waals surface area contributed by atoms with Gasteiger partial charge in [-0.15, -0.1) is 0 Å². The number of nitrogens with zero attached hydrogens (tertiary/aromatic N) is 2. The van der Waals surface area contributed by atoms with Gasteiger partial charge in [0, 0.05) is 26.5 Å². The summed E-state index contributed by atoms with van der Waals surface area (Å²) in [7, 11) is 3.32. The van der Waals surface area contributed by atoms with Crippen molar-refractivity contribution in [1.82, 2.24) is 9.47 Å². The fourth-order valence-corrected chi connectivity index (χ4v) is 3.46. The average molecular weight is 306 g/mol. The Kier molecular flexibility index (Phi) is 3.82. The van der Waals surface area contributed by atoms with E-state index in [9.17, 15) is 9.59 Å². The van der Waals surface area contributed by atoms with Crippen LogP contribution < -0.4 is 5.56 Å². The fraction of sp³-hybridized carbons (Fsp3) is 0.625. The van der Waals surface area contributed by atoms with E-state index in [0.717, 1.165) is 18.5 Å². The Labute approximate surface area is 129 Å². The van der Waals surface area contributed by atoms with E-state index >= 15 is 0 Å². The predicted molar refractivity (Wildman–Crippen MR) is 81.0 cm³/mol. The Hall–Kier alpha value is -1.66. The molecule has 3 heterocycles. The van der Waals surface area contributed by atoms with Crippen LogP contribution in [0.4, 0.5) is 0 Å². The van der Waals surface area contributed by atoms with Gasteiger partial charge in [0.1, 0.15) is 17.3 Å². The highest BCUT2D eigenvalue weighted by Crippen LogP contribution is 2.37. The minimum absolute atomic E-state index is 0.131. The van der Waals surface area contributed by atoms with Crippen LogP contribution in [0.3, 0.4) is 0 Å². The van der Waals surface area contributed by atoms with Crippen molar-refractivity contribution in [3.63, 3.8) is 0 Å². The molecule has 0 aliphatic carbocycles. The molecule has 6 heteroatoms. The maximum atomic E-state index is 12.7. The van der Waals surface area contributed by atoms with Crippen molar-refractivity contribution in [1.29, 1.82) is 0 Å². The van der Waals surface area contributed by atoms with E-state index in [4.69, 9.17) is 9.47 Å². The zero-order valence-electron chi connectivity index (χ0n) is 13.3. The number of methoxy groups -OCH3 is 1. The lowest BCUT2D eigenvalue weighted by molar-refractivity contribution is -0.0754. The van der Waals surface area contributed by atoms with Crippen molar-refractivity contribution < 1.29 is 14.3 Å². The molecule has 0 bridgehead atoms. The molecule has 1 aromatic heterocycles. The summed E-state index contributed by atoms with van der Waals surface area (Å²) in [5.74, 6) is -0.241.